The second-order valence-electron chi connectivity index (χ2n) is 6.29. The molecule has 1 saturated carbocycles. The van der Waals surface area contributed by atoms with E-state index in [9.17, 15) is 4.79 Å². The van der Waals surface area contributed by atoms with Gasteiger partial charge in [0.15, 0.2) is 0 Å². The van der Waals surface area contributed by atoms with Crippen molar-refractivity contribution < 1.29 is 4.79 Å². The lowest BCUT2D eigenvalue weighted by atomic mass is 9.79. The molecule has 0 aliphatic heterocycles. The van der Waals surface area contributed by atoms with Crippen LogP contribution in [0.3, 0.4) is 0 Å². The molecule has 3 atom stereocenters. The number of amides is 1. The van der Waals surface area contributed by atoms with Crippen molar-refractivity contribution in [1.82, 2.24) is 10.3 Å². The maximum absolute atomic E-state index is 12.5. The van der Waals surface area contributed by atoms with E-state index in [1.54, 1.807) is 18.5 Å². The zero-order valence-electron chi connectivity index (χ0n) is 13.4. The molecule has 1 aliphatic carbocycles. The Kier molecular flexibility index (Phi) is 5.59. The Bertz CT molecular complexity index is 475. The van der Waals surface area contributed by atoms with Crippen molar-refractivity contribution in [1.29, 1.82) is 0 Å². The summed E-state index contributed by atoms with van der Waals surface area (Å²) in [5.74, 6) is 1.46. The summed E-state index contributed by atoms with van der Waals surface area (Å²) in [5, 5.41) is 6.47. The van der Waals surface area contributed by atoms with Crippen molar-refractivity contribution in [3.8, 4) is 0 Å². The minimum absolute atomic E-state index is 0.0164. The predicted octanol–water partition coefficient (Wildman–Crippen LogP) is 3.46. The molecule has 1 aliphatic rings. The minimum atomic E-state index is 0.0164. The van der Waals surface area contributed by atoms with Gasteiger partial charge in [-0.3, -0.25) is 9.78 Å². The Morgan fingerprint density at radius 2 is 2.14 bits per heavy atom. The number of aromatic nitrogens is 1. The van der Waals surface area contributed by atoms with Crippen LogP contribution in [0.1, 0.15) is 56.8 Å². The summed E-state index contributed by atoms with van der Waals surface area (Å²) in [6.45, 7) is 7.54. The van der Waals surface area contributed by atoms with Gasteiger partial charge < -0.3 is 10.6 Å². The van der Waals surface area contributed by atoms with Crippen molar-refractivity contribution in [2.75, 3.05) is 11.9 Å². The smallest absolute Gasteiger partial charge is 0.253 e. The first-order valence-electron chi connectivity index (χ1n) is 8.10. The van der Waals surface area contributed by atoms with Gasteiger partial charge in [0.1, 0.15) is 0 Å². The second kappa shape index (κ2) is 7.43. The summed E-state index contributed by atoms with van der Waals surface area (Å²) >= 11 is 0. The van der Waals surface area contributed by atoms with Gasteiger partial charge in [0, 0.05) is 18.8 Å². The fourth-order valence-electron chi connectivity index (χ4n) is 2.93. The van der Waals surface area contributed by atoms with E-state index in [1.807, 2.05) is 0 Å². The van der Waals surface area contributed by atoms with Gasteiger partial charge in [0.05, 0.1) is 17.4 Å². The maximum atomic E-state index is 12.5. The Morgan fingerprint density at radius 1 is 1.33 bits per heavy atom. The Hall–Kier alpha value is -1.58. The zero-order valence-corrected chi connectivity index (χ0v) is 13.4. The molecule has 3 unspecified atom stereocenters. The lowest BCUT2D eigenvalue weighted by Gasteiger charge is -2.32. The summed E-state index contributed by atoms with van der Waals surface area (Å²) in [5.41, 5.74) is 1.53. The van der Waals surface area contributed by atoms with Crippen LogP contribution < -0.4 is 10.6 Å². The standard InChI is InChI=1S/C17H27N3O/c1-4-8-19-16-11-18-9-7-15(16)17(21)20-14-6-5-12(2)13(3)10-14/h7,9,11-14,19H,4-6,8,10H2,1-3H3,(H,20,21). The molecule has 0 spiro atoms. The second-order valence-corrected chi connectivity index (χ2v) is 6.29. The SMILES string of the molecule is CCCNc1cnccc1C(=O)NC1CCC(C)C(C)C1. The summed E-state index contributed by atoms with van der Waals surface area (Å²) in [4.78, 5) is 16.6. The third kappa shape index (κ3) is 4.19. The molecule has 0 aromatic carbocycles. The highest BCUT2D eigenvalue weighted by Crippen LogP contribution is 2.29. The number of carbonyl (C=O) groups excluding carboxylic acids is 1. The van der Waals surface area contributed by atoms with Crippen LogP contribution in [0.25, 0.3) is 0 Å². The van der Waals surface area contributed by atoms with E-state index < -0.39 is 0 Å². The van der Waals surface area contributed by atoms with E-state index in [4.69, 9.17) is 0 Å². The predicted molar refractivity (Wildman–Crippen MR) is 86.5 cm³/mol. The Morgan fingerprint density at radius 3 is 2.86 bits per heavy atom. The van der Waals surface area contributed by atoms with Gasteiger partial charge >= 0.3 is 0 Å². The number of rotatable bonds is 5. The van der Waals surface area contributed by atoms with Gasteiger partial charge in [-0.15, -0.1) is 0 Å². The van der Waals surface area contributed by atoms with Crippen molar-refractivity contribution >= 4 is 11.6 Å². The highest BCUT2D eigenvalue weighted by atomic mass is 16.1. The molecule has 21 heavy (non-hydrogen) atoms. The first kappa shape index (κ1) is 15.8. The third-order valence-electron chi connectivity index (χ3n) is 4.56. The molecule has 1 aromatic rings. The normalized spacial score (nSPS) is 25.4. The number of hydrogen-bond donors (Lipinski definition) is 2. The van der Waals surface area contributed by atoms with Gasteiger partial charge in [-0.05, 0) is 43.6 Å². The minimum Gasteiger partial charge on any atom is -0.383 e. The van der Waals surface area contributed by atoms with Crippen LogP contribution in [0.5, 0.6) is 0 Å². The molecule has 1 aromatic heterocycles. The summed E-state index contributed by atoms with van der Waals surface area (Å²) < 4.78 is 0. The van der Waals surface area contributed by atoms with Crippen LogP contribution in [0, 0.1) is 11.8 Å². The van der Waals surface area contributed by atoms with Crippen molar-refractivity contribution in [2.45, 2.75) is 52.5 Å². The van der Waals surface area contributed by atoms with Crippen molar-refractivity contribution in [2.24, 2.45) is 11.8 Å². The Labute approximate surface area is 127 Å². The van der Waals surface area contributed by atoms with Gasteiger partial charge in [0.2, 0.25) is 0 Å². The van der Waals surface area contributed by atoms with E-state index in [1.165, 1.54) is 6.42 Å². The molecule has 2 rings (SSSR count). The molecule has 0 saturated heterocycles. The lowest BCUT2D eigenvalue weighted by molar-refractivity contribution is 0.0911. The molecule has 2 N–H and O–H groups in total. The van der Waals surface area contributed by atoms with E-state index in [2.05, 4.69) is 36.4 Å². The number of anilines is 1. The molecule has 0 bridgehead atoms. The highest BCUT2D eigenvalue weighted by molar-refractivity contribution is 5.99. The lowest BCUT2D eigenvalue weighted by Crippen LogP contribution is -2.40. The van der Waals surface area contributed by atoms with Crippen LogP contribution in [0.4, 0.5) is 5.69 Å². The monoisotopic (exact) mass is 289 g/mol. The topological polar surface area (TPSA) is 54.0 Å². The van der Waals surface area contributed by atoms with E-state index in [0.717, 1.165) is 37.4 Å². The van der Waals surface area contributed by atoms with Crippen molar-refractivity contribution in [3.63, 3.8) is 0 Å². The first-order chi connectivity index (χ1) is 10.1. The van der Waals surface area contributed by atoms with E-state index in [-0.39, 0.29) is 5.91 Å². The van der Waals surface area contributed by atoms with E-state index >= 15 is 0 Å². The van der Waals surface area contributed by atoms with Gasteiger partial charge in [-0.1, -0.05) is 20.8 Å². The average molecular weight is 289 g/mol. The maximum Gasteiger partial charge on any atom is 0.253 e. The molecular formula is C17H27N3O. The van der Waals surface area contributed by atoms with Gasteiger partial charge in [-0.2, -0.15) is 0 Å². The number of nitrogens with one attached hydrogen (secondary N) is 2. The average Bonchev–Trinajstić information content (AvgIpc) is 2.49. The Balaban J connectivity index is 2.00. The molecule has 1 heterocycles. The van der Waals surface area contributed by atoms with Gasteiger partial charge in [0.25, 0.3) is 5.91 Å². The largest absolute Gasteiger partial charge is 0.383 e. The third-order valence-corrected chi connectivity index (χ3v) is 4.56. The molecule has 0 radical (unpaired) electrons. The highest BCUT2D eigenvalue weighted by Gasteiger charge is 2.26. The molecular weight excluding hydrogens is 262 g/mol. The first-order valence-corrected chi connectivity index (χ1v) is 8.10. The number of pyridine rings is 1. The van der Waals surface area contributed by atoms with Crippen LogP contribution in [-0.2, 0) is 0 Å². The van der Waals surface area contributed by atoms with Crippen molar-refractivity contribution in [3.05, 3.63) is 24.0 Å². The fraction of sp³-hybridized carbons (Fsp3) is 0.647. The molecule has 116 valence electrons. The molecule has 1 fully saturated rings. The number of nitrogens with zero attached hydrogens (tertiary/aromatic N) is 1. The van der Waals surface area contributed by atoms with E-state index in [0.29, 0.717) is 17.5 Å². The molecule has 1 amide bonds. The summed E-state index contributed by atoms with van der Waals surface area (Å²) in [6, 6.07) is 2.10. The summed E-state index contributed by atoms with van der Waals surface area (Å²) in [7, 11) is 0. The number of carbonyl (C=O) groups is 1. The molecule has 4 nitrogen and oxygen atoms in total. The van der Waals surface area contributed by atoms with Crippen LogP contribution in [0.2, 0.25) is 0 Å². The summed E-state index contributed by atoms with van der Waals surface area (Å²) in [6.07, 6.45) is 7.79. The quantitative estimate of drug-likeness (QED) is 0.873. The van der Waals surface area contributed by atoms with Crippen LogP contribution in [0.15, 0.2) is 18.5 Å². The fourth-order valence-corrected chi connectivity index (χ4v) is 2.93. The van der Waals surface area contributed by atoms with Crippen LogP contribution >= 0.6 is 0 Å². The number of hydrogen-bond acceptors (Lipinski definition) is 3. The van der Waals surface area contributed by atoms with Crippen LogP contribution in [-0.4, -0.2) is 23.5 Å². The zero-order chi connectivity index (χ0) is 15.2. The van der Waals surface area contributed by atoms with Gasteiger partial charge in [-0.25, -0.2) is 0 Å². The molecule has 4 heteroatoms.